The van der Waals surface area contributed by atoms with Crippen molar-refractivity contribution in [2.24, 2.45) is 0 Å². The summed E-state index contributed by atoms with van der Waals surface area (Å²) in [6.07, 6.45) is 1.40. The van der Waals surface area contributed by atoms with E-state index in [1.165, 1.54) is 18.1 Å². The number of hydrogen-bond acceptors (Lipinski definition) is 6. The van der Waals surface area contributed by atoms with Crippen LogP contribution in [-0.4, -0.2) is 15.9 Å². The molecule has 0 aliphatic heterocycles. The number of aromatic nitrogens is 2. The molecule has 0 bridgehead atoms. The number of nitrogens with one attached hydrogen (secondary N) is 2. The molecule has 0 atom stereocenters. The number of hydrazine groups is 1. The van der Waals surface area contributed by atoms with Gasteiger partial charge in [0.1, 0.15) is 17.0 Å². The van der Waals surface area contributed by atoms with Gasteiger partial charge in [-0.1, -0.05) is 84.0 Å². The van der Waals surface area contributed by atoms with E-state index in [1.54, 1.807) is 12.1 Å². The molecule has 0 spiro atoms. The third kappa shape index (κ3) is 5.19. The Labute approximate surface area is 195 Å². The van der Waals surface area contributed by atoms with Gasteiger partial charge in [0.15, 0.2) is 5.82 Å². The predicted octanol–water partition coefficient (Wildman–Crippen LogP) is 5.14. The first-order valence-corrected chi connectivity index (χ1v) is 11.0. The summed E-state index contributed by atoms with van der Waals surface area (Å²) in [5.74, 6) is -0.395. The number of nitrogens with zero attached hydrogens (tertiary/aromatic N) is 2. The van der Waals surface area contributed by atoms with E-state index >= 15 is 0 Å². The fourth-order valence-corrected chi connectivity index (χ4v) is 4.08. The van der Waals surface area contributed by atoms with Gasteiger partial charge >= 0.3 is 0 Å². The van der Waals surface area contributed by atoms with Crippen LogP contribution >= 0.6 is 23.4 Å². The van der Waals surface area contributed by atoms with Gasteiger partial charge in [0, 0.05) is 9.92 Å². The lowest BCUT2D eigenvalue weighted by atomic mass is 9.91. The first kappa shape index (κ1) is 21.7. The highest BCUT2D eigenvalue weighted by atomic mass is 35.5. The molecular formula is C24H20ClN5OS. The molecule has 32 heavy (non-hydrogen) atoms. The highest BCUT2D eigenvalue weighted by Crippen LogP contribution is 2.33. The zero-order valence-corrected chi connectivity index (χ0v) is 18.5. The summed E-state index contributed by atoms with van der Waals surface area (Å²) >= 11 is 7.33. The first-order valence-electron chi connectivity index (χ1n) is 9.81. The molecule has 0 aliphatic carbocycles. The molecule has 4 rings (SSSR count). The number of nitrogen functional groups attached to an aromatic ring is 1. The van der Waals surface area contributed by atoms with Gasteiger partial charge in [0.25, 0.3) is 0 Å². The minimum Gasteiger partial charge on any atom is -0.393 e. The van der Waals surface area contributed by atoms with E-state index in [-0.39, 0.29) is 5.91 Å². The fraction of sp³-hybridized carbons (Fsp3) is 0.0417. The van der Waals surface area contributed by atoms with Crippen molar-refractivity contribution in [3.8, 4) is 0 Å². The van der Waals surface area contributed by atoms with Crippen molar-refractivity contribution in [2.75, 3.05) is 11.2 Å². The highest BCUT2D eigenvalue weighted by Gasteiger charge is 2.23. The van der Waals surface area contributed by atoms with E-state index in [4.69, 9.17) is 17.3 Å². The normalized spacial score (nSPS) is 10.7. The van der Waals surface area contributed by atoms with Crippen molar-refractivity contribution in [3.63, 3.8) is 0 Å². The predicted molar refractivity (Wildman–Crippen MR) is 129 cm³/mol. The first-order chi connectivity index (χ1) is 15.6. The summed E-state index contributed by atoms with van der Waals surface area (Å²) in [4.78, 5) is 22.5. The second-order valence-corrected chi connectivity index (χ2v) is 8.36. The second kappa shape index (κ2) is 10.2. The molecule has 0 aliphatic rings. The van der Waals surface area contributed by atoms with Gasteiger partial charge in [-0.25, -0.2) is 9.97 Å². The van der Waals surface area contributed by atoms with Crippen molar-refractivity contribution in [2.45, 2.75) is 15.8 Å². The topological polar surface area (TPSA) is 92.9 Å². The van der Waals surface area contributed by atoms with E-state index in [1.807, 2.05) is 72.8 Å². The Balaban J connectivity index is 1.52. The second-order valence-electron chi connectivity index (χ2n) is 6.87. The molecule has 1 aromatic heterocycles. The van der Waals surface area contributed by atoms with E-state index in [2.05, 4.69) is 20.8 Å². The quantitative estimate of drug-likeness (QED) is 0.260. The molecule has 0 saturated heterocycles. The van der Waals surface area contributed by atoms with E-state index in [0.29, 0.717) is 21.6 Å². The van der Waals surface area contributed by atoms with Crippen molar-refractivity contribution >= 4 is 40.8 Å². The molecule has 1 heterocycles. The van der Waals surface area contributed by atoms with Gasteiger partial charge < -0.3 is 5.73 Å². The van der Waals surface area contributed by atoms with Crippen LogP contribution in [-0.2, 0) is 4.79 Å². The van der Waals surface area contributed by atoms with Crippen LogP contribution in [0.4, 0.5) is 11.5 Å². The van der Waals surface area contributed by atoms with E-state index < -0.39 is 5.92 Å². The SMILES string of the molecule is Nc1c(NNC(=O)C(c2ccccc2)c2ccccc2)ncnc1Sc1ccc(Cl)cc1. The zero-order chi connectivity index (χ0) is 22.3. The van der Waals surface area contributed by atoms with Crippen LogP contribution in [0.1, 0.15) is 17.0 Å². The van der Waals surface area contributed by atoms with Gasteiger partial charge in [-0.3, -0.25) is 15.6 Å². The van der Waals surface area contributed by atoms with E-state index in [0.717, 1.165) is 16.0 Å². The number of nitrogens with two attached hydrogens (primary N) is 1. The van der Waals surface area contributed by atoms with Gasteiger partial charge in [-0.15, -0.1) is 0 Å². The molecule has 0 saturated carbocycles. The fourth-order valence-electron chi connectivity index (χ4n) is 3.15. The summed E-state index contributed by atoms with van der Waals surface area (Å²) in [5.41, 5.74) is 14.0. The summed E-state index contributed by atoms with van der Waals surface area (Å²) in [7, 11) is 0. The molecule has 3 aromatic carbocycles. The van der Waals surface area contributed by atoms with Crippen LogP contribution in [0.2, 0.25) is 5.02 Å². The lowest BCUT2D eigenvalue weighted by Gasteiger charge is -2.19. The molecule has 4 N–H and O–H groups in total. The number of rotatable bonds is 7. The van der Waals surface area contributed by atoms with Crippen molar-refractivity contribution in [1.82, 2.24) is 15.4 Å². The Hall–Kier alpha value is -3.55. The van der Waals surface area contributed by atoms with Crippen LogP contribution in [0.5, 0.6) is 0 Å². The number of hydrogen-bond donors (Lipinski definition) is 3. The van der Waals surface area contributed by atoms with Gasteiger partial charge in [0.05, 0.1) is 5.92 Å². The highest BCUT2D eigenvalue weighted by molar-refractivity contribution is 7.99. The number of amides is 1. The molecule has 0 radical (unpaired) electrons. The molecule has 6 nitrogen and oxygen atoms in total. The number of halogens is 1. The van der Waals surface area contributed by atoms with Gasteiger partial charge in [-0.2, -0.15) is 0 Å². The lowest BCUT2D eigenvalue weighted by Crippen LogP contribution is -2.35. The maximum Gasteiger partial charge on any atom is 0.250 e. The van der Waals surface area contributed by atoms with Crippen LogP contribution in [0.25, 0.3) is 0 Å². The van der Waals surface area contributed by atoms with Crippen LogP contribution in [0.15, 0.2) is 101 Å². The smallest absolute Gasteiger partial charge is 0.250 e. The number of benzene rings is 3. The maximum atomic E-state index is 13.2. The monoisotopic (exact) mass is 461 g/mol. The average molecular weight is 462 g/mol. The maximum absolute atomic E-state index is 13.2. The largest absolute Gasteiger partial charge is 0.393 e. The number of carbonyl (C=O) groups is 1. The van der Waals surface area contributed by atoms with Crippen LogP contribution in [0.3, 0.4) is 0 Å². The molecular weight excluding hydrogens is 442 g/mol. The minimum absolute atomic E-state index is 0.229. The Morgan fingerprint density at radius 3 is 2.06 bits per heavy atom. The molecule has 8 heteroatoms. The number of carbonyl (C=O) groups excluding carboxylic acids is 1. The molecule has 1 amide bonds. The summed E-state index contributed by atoms with van der Waals surface area (Å²) in [5, 5.41) is 1.23. The zero-order valence-electron chi connectivity index (χ0n) is 16.9. The third-order valence-corrected chi connectivity index (χ3v) is 5.99. The lowest BCUT2D eigenvalue weighted by molar-refractivity contribution is -0.121. The van der Waals surface area contributed by atoms with Gasteiger partial charge in [-0.05, 0) is 35.4 Å². The Kier molecular flexibility index (Phi) is 6.89. The molecule has 0 unspecified atom stereocenters. The van der Waals surface area contributed by atoms with Crippen molar-refractivity contribution in [1.29, 1.82) is 0 Å². The van der Waals surface area contributed by atoms with E-state index in [9.17, 15) is 4.79 Å². The third-order valence-electron chi connectivity index (χ3n) is 4.71. The summed E-state index contributed by atoms with van der Waals surface area (Å²) < 4.78 is 0. The Bertz CT molecular complexity index is 1150. The standard InChI is InChI=1S/C24H20ClN5OS/c25-18-11-13-19(14-12-18)32-24-21(26)22(27-15-28-24)29-30-23(31)20(16-7-3-1-4-8-16)17-9-5-2-6-10-17/h1-15,20H,26H2,(H,30,31)(H,27,28,29). The molecule has 0 fully saturated rings. The molecule has 4 aromatic rings. The van der Waals surface area contributed by atoms with Crippen LogP contribution < -0.4 is 16.6 Å². The Morgan fingerprint density at radius 1 is 0.875 bits per heavy atom. The minimum atomic E-state index is -0.490. The van der Waals surface area contributed by atoms with Crippen molar-refractivity contribution in [3.05, 3.63) is 107 Å². The molecule has 160 valence electrons. The van der Waals surface area contributed by atoms with Crippen LogP contribution in [0, 0.1) is 0 Å². The number of anilines is 2. The Morgan fingerprint density at radius 2 is 1.47 bits per heavy atom. The van der Waals surface area contributed by atoms with Crippen molar-refractivity contribution < 1.29 is 4.79 Å². The van der Waals surface area contributed by atoms with Gasteiger partial charge in [0.2, 0.25) is 5.91 Å². The average Bonchev–Trinajstić information content (AvgIpc) is 2.82. The summed E-state index contributed by atoms with van der Waals surface area (Å²) in [6, 6.07) is 26.6. The summed E-state index contributed by atoms with van der Waals surface area (Å²) in [6.45, 7) is 0.